The maximum Gasteiger partial charge on any atom is 0.244 e. The van der Waals surface area contributed by atoms with E-state index in [0.29, 0.717) is 12.1 Å². The van der Waals surface area contributed by atoms with E-state index in [1.165, 1.54) is 0 Å². The number of carbonyl (C=O) groups excluding carboxylic acids is 1. The first kappa shape index (κ1) is 21.2. The van der Waals surface area contributed by atoms with Gasteiger partial charge < -0.3 is 10.1 Å². The maximum absolute atomic E-state index is 13.1. The van der Waals surface area contributed by atoms with Crippen LogP contribution < -0.4 is 14.4 Å². The highest BCUT2D eigenvalue weighted by molar-refractivity contribution is 7.92. The van der Waals surface area contributed by atoms with E-state index in [-0.39, 0.29) is 11.9 Å². The third kappa shape index (κ3) is 4.72. The highest BCUT2D eigenvalue weighted by atomic mass is 32.2. The summed E-state index contributed by atoms with van der Waals surface area (Å²) in [7, 11) is -3.65. The highest BCUT2D eigenvalue weighted by Crippen LogP contribution is 2.39. The van der Waals surface area contributed by atoms with E-state index in [0.717, 1.165) is 27.4 Å². The van der Waals surface area contributed by atoms with Crippen LogP contribution in [0.3, 0.4) is 0 Å². The zero-order valence-electron chi connectivity index (χ0n) is 17.5. The first-order chi connectivity index (χ1) is 13.5. The number of carbonyl (C=O) groups is 1. The topological polar surface area (TPSA) is 75.7 Å². The lowest BCUT2D eigenvalue weighted by atomic mass is 9.89. The van der Waals surface area contributed by atoms with Gasteiger partial charge in [-0.15, -0.1) is 0 Å². The van der Waals surface area contributed by atoms with E-state index in [1.807, 2.05) is 57.2 Å². The molecule has 2 atom stereocenters. The number of para-hydroxylation sites is 1. The fraction of sp³-hybridized carbons (Fsp3) is 0.409. The minimum Gasteiger partial charge on any atom is -0.487 e. The predicted octanol–water partition coefficient (Wildman–Crippen LogP) is 3.57. The van der Waals surface area contributed by atoms with Gasteiger partial charge in [-0.05, 0) is 45.9 Å². The Morgan fingerprint density at radius 2 is 1.79 bits per heavy atom. The summed E-state index contributed by atoms with van der Waals surface area (Å²) < 4.78 is 32.1. The van der Waals surface area contributed by atoms with Gasteiger partial charge in [-0.1, -0.05) is 35.9 Å². The summed E-state index contributed by atoms with van der Waals surface area (Å²) in [5.41, 5.74) is 1.94. The van der Waals surface area contributed by atoms with Crippen molar-refractivity contribution in [1.82, 2.24) is 5.32 Å². The first-order valence-electron chi connectivity index (χ1n) is 9.62. The molecule has 0 saturated carbocycles. The Kier molecular flexibility index (Phi) is 5.63. The summed E-state index contributed by atoms with van der Waals surface area (Å²) in [6, 6.07) is 13.5. The van der Waals surface area contributed by atoms with E-state index < -0.39 is 21.7 Å². The van der Waals surface area contributed by atoms with E-state index in [2.05, 4.69) is 5.32 Å². The number of fused-ring (bicyclic) bond motifs is 1. The number of sulfonamides is 1. The molecule has 6 nitrogen and oxygen atoms in total. The van der Waals surface area contributed by atoms with Gasteiger partial charge in [0.2, 0.25) is 15.9 Å². The van der Waals surface area contributed by atoms with Crippen LogP contribution in [0.25, 0.3) is 0 Å². The lowest BCUT2D eigenvalue weighted by Crippen LogP contribution is -2.50. The number of ether oxygens (including phenoxy) is 1. The van der Waals surface area contributed by atoms with Crippen molar-refractivity contribution in [2.45, 2.75) is 51.8 Å². The molecule has 0 aliphatic carbocycles. The standard InChI is InChI=1S/C22H28N2O4S/c1-15-10-12-17(13-11-15)24(29(5,26)27)16(2)21(25)23-19-14-22(3,4)28-20-9-7-6-8-18(19)20/h6-13,16,19H,14H2,1-5H3,(H,23,25)/t16-,19+/m0/s1. The zero-order valence-corrected chi connectivity index (χ0v) is 18.3. The molecule has 156 valence electrons. The van der Waals surface area contributed by atoms with Crippen molar-refractivity contribution in [3.8, 4) is 5.75 Å². The third-order valence-electron chi connectivity index (χ3n) is 5.07. The van der Waals surface area contributed by atoms with Crippen LogP contribution in [0.4, 0.5) is 5.69 Å². The van der Waals surface area contributed by atoms with Crippen LogP contribution in [0.2, 0.25) is 0 Å². The Balaban J connectivity index is 1.88. The Morgan fingerprint density at radius 3 is 2.41 bits per heavy atom. The summed E-state index contributed by atoms with van der Waals surface area (Å²) in [4.78, 5) is 13.1. The van der Waals surface area contributed by atoms with Crippen molar-refractivity contribution >= 4 is 21.6 Å². The molecule has 2 aromatic rings. The lowest BCUT2D eigenvalue weighted by molar-refractivity contribution is -0.123. The van der Waals surface area contributed by atoms with Gasteiger partial charge in [0.05, 0.1) is 18.0 Å². The molecule has 1 N–H and O–H groups in total. The second-order valence-electron chi connectivity index (χ2n) is 8.24. The molecule has 0 aromatic heterocycles. The molecule has 1 aliphatic heterocycles. The number of anilines is 1. The molecule has 1 amide bonds. The van der Waals surface area contributed by atoms with Crippen LogP contribution in [0, 0.1) is 6.92 Å². The van der Waals surface area contributed by atoms with Gasteiger partial charge in [-0.2, -0.15) is 0 Å². The second-order valence-corrected chi connectivity index (χ2v) is 10.1. The minimum absolute atomic E-state index is 0.260. The van der Waals surface area contributed by atoms with Crippen LogP contribution >= 0.6 is 0 Å². The van der Waals surface area contributed by atoms with Crippen molar-refractivity contribution in [3.05, 3.63) is 59.7 Å². The predicted molar refractivity (Wildman–Crippen MR) is 115 cm³/mol. The summed E-state index contributed by atoms with van der Waals surface area (Å²) in [6.45, 7) is 7.48. The Bertz CT molecular complexity index is 1000. The monoisotopic (exact) mass is 416 g/mol. The van der Waals surface area contributed by atoms with E-state index in [9.17, 15) is 13.2 Å². The van der Waals surface area contributed by atoms with Crippen LogP contribution in [-0.2, 0) is 14.8 Å². The van der Waals surface area contributed by atoms with Crippen LogP contribution in [0.1, 0.15) is 44.4 Å². The van der Waals surface area contributed by atoms with Crippen molar-refractivity contribution in [3.63, 3.8) is 0 Å². The molecule has 0 saturated heterocycles. The molecule has 0 radical (unpaired) electrons. The summed E-state index contributed by atoms with van der Waals surface area (Å²) >= 11 is 0. The van der Waals surface area contributed by atoms with Crippen molar-refractivity contribution in [1.29, 1.82) is 0 Å². The largest absolute Gasteiger partial charge is 0.487 e. The zero-order chi connectivity index (χ0) is 21.4. The molecule has 29 heavy (non-hydrogen) atoms. The second kappa shape index (κ2) is 7.71. The number of benzene rings is 2. The van der Waals surface area contributed by atoms with Crippen LogP contribution in [0.15, 0.2) is 48.5 Å². The number of nitrogens with one attached hydrogen (secondary N) is 1. The number of hydrogen-bond acceptors (Lipinski definition) is 4. The minimum atomic E-state index is -3.65. The highest BCUT2D eigenvalue weighted by Gasteiger charge is 2.36. The van der Waals surface area contributed by atoms with Gasteiger partial charge in [-0.25, -0.2) is 8.42 Å². The van der Waals surface area contributed by atoms with Gasteiger partial charge in [0.1, 0.15) is 17.4 Å². The number of rotatable bonds is 5. The summed E-state index contributed by atoms with van der Waals surface area (Å²) in [6.07, 6.45) is 1.70. The molecule has 3 rings (SSSR count). The number of hydrogen-bond donors (Lipinski definition) is 1. The SMILES string of the molecule is Cc1ccc(N([C@@H](C)C(=O)N[C@@H]2CC(C)(C)Oc3ccccc32)S(C)(=O)=O)cc1. The lowest BCUT2D eigenvalue weighted by Gasteiger charge is -2.38. The van der Waals surface area contributed by atoms with Crippen LogP contribution in [0.5, 0.6) is 5.75 Å². The maximum atomic E-state index is 13.1. The Hall–Kier alpha value is -2.54. The Morgan fingerprint density at radius 1 is 1.17 bits per heavy atom. The number of aryl methyl sites for hydroxylation is 1. The average Bonchev–Trinajstić information content (AvgIpc) is 2.61. The van der Waals surface area contributed by atoms with Gasteiger partial charge in [0, 0.05) is 12.0 Å². The van der Waals surface area contributed by atoms with E-state index in [4.69, 9.17) is 4.74 Å². The molecular weight excluding hydrogens is 388 g/mol. The van der Waals surface area contributed by atoms with E-state index in [1.54, 1.807) is 19.1 Å². The first-order valence-corrected chi connectivity index (χ1v) is 11.5. The summed E-state index contributed by atoms with van der Waals surface area (Å²) in [5.74, 6) is 0.383. The van der Waals surface area contributed by atoms with E-state index >= 15 is 0 Å². The fourth-order valence-electron chi connectivity index (χ4n) is 3.72. The molecular formula is C22H28N2O4S. The van der Waals surface area contributed by atoms with Crippen molar-refractivity contribution in [2.75, 3.05) is 10.6 Å². The molecule has 1 aliphatic rings. The third-order valence-corrected chi connectivity index (χ3v) is 6.31. The average molecular weight is 417 g/mol. The molecule has 0 bridgehead atoms. The van der Waals surface area contributed by atoms with Crippen molar-refractivity contribution in [2.24, 2.45) is 0 Å². The molecule has 2 aromatic carbocycles. The molecule has 0 unspecified atom stereocenters. The molecule has 0 fully saturated rings. The quantitative estimate of drug-likeness (QED) is 0.809. The molecule has 1 heterocycles. The number of amides is 1. The number of nitrogens with zero attached hydrogens (tertiary/aromatic N) is 1. The smallest absolute Gasteiger partial charge is 0.244 e. The van der Waals surface area contributed by atoms with Gasteiger partial charge >= 0.3 is 0 Å². The summed E-state index contributed by atoms with van der Waals surface area (Å²) in [5, 5.41) is 3.04. The van der Waals surface area contributed by atoms with Crippen LogP contribution in [-0.4, -0.2) is 32.2 Å². The Labute approximate surface area is 172 Å². The molecule has 0 spiro atoms. The molecule has 7 heteroatoms. The normalized spacial score (nSPS) is 18.9. The van der Waals surface area contributed by atoms with Gasteiger partial charge in [0.15, 0.2) is 0 Å². The van der Waals surface area contributed by atoms with Crippen molar-refractivity contribution < 1.29 is 17.9 Å². The fourth-order valence-corrected chi connectivity index (χ4v) is 4.90. The van der Waals surface area contributed by atoms with Gasteiger partial charge in [0.25, 0.3) is 0 Å². The van der Waals surface area contributed by atoms with Gasteiger partial charge in [-0.3, -0.25) is 9.10 Å².